The normalized spacial score (nSPS) is 18.2. The van der Waals surface area contributed by atoms with E-state index in [1.807, 2.05) is 6.07 Å². The van der Waals surface area contributed by atoms with Crippen LogP contribution in [-0.2, 0) is 10.8 Å². The molecule has 0 bridgehead atoms. The molecule has 2 heteroatoms. The van der Waals surface area contributed by atoms with Crippen LogP contribution in [0.4, 0.5) is 0 Å². The van der Waals surface area contributed by atoms with Crippen molar-refractivity contribution in [3.8, 4) is 23.7 Å². The molecule has 0 amide bonds. The summed E-state index contributed by atoms with van der Waals surface area (Å²) in [5.74, 6) is 6.12. The van der Waals surface area contributed by atoms with E-state index in [0.29, 0.717) is 0 Å². The Morgan fingerprint density at radius 1 is 1.05 bits per heavy atom. The Morgan fingerprint density at radius 2 is 1.60 bits per heavy atom. The Morgan fingerprint density at radius 3 is 2.10 bits per heavy atom. The second kappa shape index (κ2) is 4.88. The zero-order chi connectivity index (χ0) is 15.0. The van der Waals surface area contributed by atoms with Gasteiger partial charge in [0, 0.05) is 5.92 Å². The lowest BCUT2D eigenvalue weighted by Gasteiger charge is -2.42. The molecule has 2 rings (SSSR count). The van der Waals surface area contributed by atoms with Gasteiger partial charge in [-0.05, 0) is 52.9 Å². The zero-order valence-corrected chi connectivity index (χ0v) is 12.9. The predicted molar refractivity (Wildman–Crippen MR) is 80.8 cm³/mol. The van der Waals surface area contributed by atoms with Crippen molar-refractivity contribution in [3.63, 3.8) is 0 Å². The topological polar surface area (TPSA) is 33.0 Å². The van der Waals surface area contributed by atoms with E-state index in [-0.39, 0.29) is 10.8 Å². The van der Waals surface area contributed by atoms with Crippen molar-refractivity contribution >= 4 is 0 Å². The summed E-state index contributed by atoms with van der Waals surface area (Å²) in [4.78, 5) is 0. The highest BCUT2D eigenvalue weighted by Gasteiger charge is 2.37. The number of nitriles is 1. The predicted octanol–water partition coefficient (Wildman–Crippen LogP) is 3.92. The Labute approximate surface area is 121 Å². The molecule has 0 fully saturated rings. The van der Waals surface area contributed by atoms with Crippen LogP contribution < -0.4 is 4.74 Å². The van der Waals surface area contributed by atoms with Crippen LogP contribution in [0.15, 0.2) is 12.1 Å². The molecule has 1 aromatic rings. The molecule has 0 saturated carbocycles. The van der Waals surface area contributed by atoms with Crippen LogP contribution in [-0.4, -0.2) is 7.11 Å². The summed E-state index contributed by atoms with van der Waals surface area (Å²) in [7, 11) is 1.65. The molecule has 0 spiro atoms. The minimum atomic E-state index is 0.139. The third-order valence-electron chi connectivity index (χ3n) is 4.43. The van der Waals surface area contributed by atoms with Gasteiger partial charge in [0.05, 0.1) is 12.7 Å². The summed E-state index contributed by atoms with van der Waals surface area (Å²) in [5.41, 5.74) is 3.77. The molecule has 0 atom stereocenters. The van der Waals surface area contributed by atoms with Gasteiger partial charge in [0.25, 0.3) is 0 Å². The highest BCUT2D eigenvalue weighted by atomic mass is 16.5. The first-order chi connectivity index (χ1) is 9.31. The molecule has 0 radical (unpaired) electrons. The van der Waals surface area contributed by atoms with Crippen molar-refractivity contribution < 1.29 is 4.74 Å². The van der Waals surface area contributed by atoms with Crippen LogP contribution in [0.5, 0.6) is 5.75 Å². The SMILES string of the molecule is COc1cc2c(cc1C#CC#N)C(C)(C)CCC2(C)C. The van der Waals surface area contributed by atoms with Gasteiger partial charge < -0.3 is 4.74 Å². The molecule has 0 saturated heterocycles. The fourth-order valence-corrected chi connectivity index (χ4v) is 2.96. The maximum absolute atomic E-state index is 8.65. The van der Waals surface area contributed by atoms with Gasteiger partial charge in [-0.15, -0.1) is 0 Å². The number of hydrogen-bond donors (Lipinski definition) is 0. The van der Waals surface area contributed by atoms with Crippen LogP contribution in [0.2, 0.25) is 0 Å². The number of methoxy groups -OCH3 is 1. The molecule has 0 heterocycles. The smallest absolute Gasteiger partial charge is 0.152 e. The van der Waals surface area contributed by atoms with Gasteiger partial charge in [0.2, 0.25) is 0 Å². The minimum Gasteiger partial charge on any atom is -0.495 e. The second-order valence-electron chi connectivity index (χ2n) is 6.73. The number of ether oxygens (including phenoxy) is 1. The lowest BCUT2D eigenvalue weighted by molar-refractivity contribution is 0.328. The van der Waals surface area contributed by atoms with E-state index in [0.717, 1.165) is 17.7 Å². The number of hydrogen-bond acceptors (Lipinski definition) is 2. The van der Waals surface area contributed by atoms with Gasteiger partial charge >= 0.3 is 0 Å². The lowest BCUT2D eigenvalue weighted by Crippen LogP contribution is -2.34. The number of fused-ring (bicyclic) bond motifs is 1. The van der Waals surface area contributed by atoms with Gasteiger partial charge in [-0.25, -0.2) is 0 Å². The van der Waals surface area contributed by atoms with Gasteiger partial charge in [0.15, 0.2) is 6.07 Å². The van der Waals surface area contributed by atoms with E-state index < -0.39 is 0 Å². The second-order valence-corrected chi connectivity index (χ2v) is 6.73. The molecule has 0 aromatic heterocycles. The molecule has 20 heavy (non-hydrogen) atoms. The van der Waals surface area contributed by atoms with E-state index in [1.54, 1.807) is 7.11 Å². The van der Waals surface area contributed by atoms with Crippen LogP contribution in [0.25, 0.3) is 0 Å². The fraction of sp³-hybridized carbons (Fsp3) is 0.500. The van der Waals surface area contributed by atoms with E-state index in [4.69, 9.17) is 10.00 Å². The van der Waals surface area contributed by atoms with E-state index in [2.05, 4.69) is 51.7 Å². The molecular formula is C18H21NO. The fourth-order valence-electron chi connectivity index (χ4n) is 2.96. The third kappa shape index (κ3) is 2.39. The first kappa shape index (κ1) is 14.5. The summed E-state index contributed by atoms with van der Waals surface area (Å²) >= 11 is 0. The number of nitrogens with zero attached hydrogens (tertiary/aromatic N) is 1. The molecule has 2 nitrogen and oxygen atoms in total. The van der Waals surface area contributed by atoms with Crippen molar-refractivity contribution in [2.24, 2.45) is 0 Å². The summed E-state index contributed by atoms with van der Waals surface area (Å²) < 4.78 is 5.46. The van der Waals surface area contributed by atoms with Crippen molar-refractivity contribution in [1.82, 2.24) is 0 Å². The minimum absolute atomic E-state index is 0.139. The largest absolute Gasteiger partial charge is 0.495 e. The first-order valence-electron chi connectivity index (χ1n) is 6.95. The quantitative estimate of drug-likeness (QED) is 0.722. The summed E-state index contributed by atoms with van der Waals surface area (Å²) in [6.45, 7) is 9.10. The van der Waals surface area contributed by atoms with Crippen molar-refractivity contribution in [2.75, 3.05) is 7.11 Å². The standard InChI is InChI=1S/C18H21NO/c1-17(2)8-9-18(3,4)15-12-16(20-5)13(7-6-10-19)11-14(15)17/h11-12H,8-9H2,1-5H3. The molecule has 1 aliphatic carbocycles. The Bertz CT molecular complexity index is 636. The molecular weight excluding hydrogens is 246 g/mol. The molecule has 0 aliphatic heterocycles. The van der Waals surface area contributed by atoms with Gasteiger partial charge in [0.1, 0.15) is 5.75 Å². The monoisotopic (exact) mass is 267 g/mol. The first-order valence-corrected chi connectivity index (χ1v) is 6.95. The number of rotatable bonds is 1. The molecule has 0 unspecified atom stereocenters. The number of benzene rings is 1. The van der Waals surface area contributed by atoms with E-state index >= 15 is 0 Å². The van der Waals surface area contributed by atoms with Crippen LogP contribution in [0, 0.1) is 23.2 Å². The Kier molecular flexibility index (Phi) is 3.53. The van der Waals surface area contributed by atoms with Gasteiger partial charge in [-0.3, -0.25) is 0 Å². The summed E-state index contributed by atoms with van der Waals surface area (Å²) in [6.07, 6.45) is 2.32. The zero-order valence-electron chi connectivity index (χ0n) is 12.9. The van der Waals surface area contributed by atoms with Crippen LogP contribution in [0.1, 0.15) is 57.2 Å². The average molecular weight is 267 g/mol. The molecule has 104 valence electrons. The molecule has 1 aromatic carbocycles. The van der Waals surface area contributed by atoms with Gasteiger partial charge in [-0.2, -0.15) is 5.26 Å². The molecule has 0 N–H and O–H groups in total. The Balaban J connectivity index is 2.72. The average Bonchev–Trinajstić information content (AvgIpc) is 2.41. The lowest BCUT2D eigenvalue weighted by atomic mass is 9.63. The highest BCUT2D eigenvalue weighted by Crippen LogP contribution is 2.47. The van der Waals surface area contributed by atoms with E-state index in [9.17, 15) is 0 Å². The van der Waals surface area contributed by atoms with Crippen molar-refractivity contribution in [1.29, 1.82) is 5.26 Å². The van der Waals surface area contributed by atoms with Crippen molar-refractivity contribution in [3.05, 3.63) is 28.8 Å². The summed E-state index contributed by atoms with van der Waals surface area (Å²) in [6, 6.07) is 6.09. The summed E-state index contributed by atoms with van der Waals surface area (Å²) in [5, 5.41) is 8.65. The Hall–Kier alpha value is -1.93. The van der Waals surface area contributed by atoms with Gasteiger partial charge in [-0.1, -0.05) is 27.7 Å². The maximum Gasteiger partial charge on any atom is 0.152 e. The van der Waals surface area contributed by atoms with E-state index in [1.165, 1.54) is 17.5 Å². The third-order valence-corrected chi connectivity index (χ3v) is 4.43. The maximum atomic E-state index is 8.65. The van der Waals surface area contributed by atoms with Crippen molar-refractivity contribution in [2.45, 2.75) is 51.4 Å². The van der Waals surface area contributed by atoms with Crippen LogP contribution >= 0.6 is 0 Å². The van der Waals surface area contributed by atoms with Crippen LogP contribution in [0.3, 0.4) is 0 Å². The molecule has 1 aliphatic rings. The highest BCUT2D eigenvalue weighted by molar-refractivity contribution is 5.56.